The minimum absolute atomic E-state index is 0.519. The summed E-state index contributed by atoms with van der Waals surface area (Å²) in [4.78, 5) is 12.2. The molecule has 2 aromatic heterocycles. The Morgan fingerprint density at radius 1 is 1.13 bits per heavy atom. The summed E-state index contributed by atoms with van der Waals surface area (Å²) in [5.74, 6) is 1.39. The van der Waals surface area contributed by atoms with E-state index in [0.29, 0.717) is 12.0 Å². The molecule has 3 heterocycles. The van der Waals surface area contributed by atoms with Gasteiger partial charge in [-0.15, -0.1) is 0 Å². The van der Waals surface area contributed by atoms with Crippen LogP contribution in [0.3, 0.4) is 0 Å². The van der Waals surface area contributed by atoms with Crippen LogP contribution in [0.5, 0.6) is 0 Å². The molecule has 30 heavy (non-hydrogen) atoms. The van der Waals surface area contributed by atoms with Crippen molar-refractivity contribution in [3.63, 3.8) is 0 Å². The fraction of sp³-hybridized carbons (Fsp3) is 0.542. The Hall–Kier alpha value is -2.31. The molecule has 1 saturated carbocycles. The van der Waals surface area contributed by atoms with Crippen molar-refractivity contribution in [1.82, 2.24) is 24.6 Å². The van der Waals surface area contributed by atoms with Crippen LogP contribution < -0.4 is 5.73 Å². The summed E-state index contributed by atoms with van der Waals surface area (Å²) in [5.41, 5.74) is 11.0. The molecule has 6 heteroatoms. The topological polar surface area (TPSA) is 72.9 Å². The molecular formula is C24H32N6. The average molecular weight is 405 g/mol. The van der Waals surface area contributed by atoms with E-state index in [2.05, 4.69) is 46.1 Å². The Balaban J connectivity index is 1.33. The van der Waals surface area contributed by atoms with Crippen LogP contribution in [-0.2, 0) is 0 Å². The number of aromatic nitrogens is 4. The van der Waals surface area contributed by atoms with Gasteiger partial charge >= 0.3 is 0 Å². The molecule has 0 radical (unpaired) electrons. The van der Waals surface area contributed by atoms with Gasteiger partial charge in [0, 0.05) is 11.8 Å². The number of para-hydroxylation sites is 1. The lowest BCUT2D eigenvalue weighted by Crippen LogP contribution is -2.29. The maximum atomic E-state index is 5.63. The lowest BCUT2D eigenvalue weighted by molar-refractivity contribution is 0.171. The van der Waals surface area contributed by atoms with Crippen LogP contribution in [0.4, 0.5) is 0 Å². The molecule has 0 unspecified atom stereocenters. The van der Waals surface area contributed by atoms with E-state index in [4.69, 9.17) is 15.7 Å². The normalized spacial score (nSPS) is 23.0. The van der Waals surface area contributed by atoms with Gasteiger partial charge in [-0.1, -0.05) is 12.1 Å². The molecule has 1 aromatic carbocycles. The molecule has 0 amide bonds. The number of likely N-dealkylation sites (tertiary alicyclic amines) is 1. The van der Waals surface area contributed by atoms with Crippen molar-refractivity contribution in [3.05, 3.63) is 42.4 Å². The van der Waals surface area contributed by atoms with Crippen LogP contribution in [0, 0.1) is 5.92 Å². The summed E-state index contributed by atoms with van der Waals surface area (Å²) in [6, 6.07) is 6.98. The molecule has 1 aliphatic heterocycles. The third-order valence-electron chi connectivity index (χ3n) is 7.06. The second-order valence-corrected chi connectivity index (χ2v) is 9.18. The van der Waals surface area contributed by atoms with E-state index in [1.54, 1.807) is 0 Å². The first-order valence-corrected chi connectivity index (χ1v) is 11.4. The van der Waals surface area contributed by atoms with E-state index in [1.165, 1.54) is 37.7 Å². The molecule has 0 bridgehead atoms. The highest BCUT2D eigenvalue weighted by molar-refractivity contribution is 5.80. The molecule has 0 spiro atoms. The van der Waals surface area contributed by atoms with Crippen molar-refractivity contribution in [2.24, 2.45) is 11.7 Å². The zero-order chi connectivity index (χ0) is 20.5. The third-order valence-corrected chi connectivity index (χ3v) is 7.06. The van der Waals surface area contributed by atoms with Gasteiger partial charge in [-0.25, -0.2) is 4.98 Å². The zero-order valence-corrected chi connectivity index (χ0v) is 17.9. The van der Waals surface area contributed by atoms with E-state index in [9.17, 15) is 0 Å². The lowest BCUT2D eigenvalue weighted by Gasteiger charge is -2.35. The maximum absolute atomic E-state index is 5.63. The van der Waals surface area contributed by atoms with E-state index >= 15 is 0 Å². The fourth-order valence-corrected chi connectivity index (χ4v) is 5.08. The first-order chi connectivity index (χ1) is 14.7. The quantitative estimate of drug-likeness (QED) is 0.672. The van der Waals surface area contributed by atoms with Gasteiger partial charge < -0.3 is 10.6 Å². The number of fused-ring (bicyclic) bond motifs is 1. The summed E-state index contributed by atoms with van der Waals surface area (Å²) in [6.45, 7) is 3.10. The molecule has 2 fully saturated rings. The van der Waals surface area contributed by atoms with Crippen molar-refractivity contribution >= 4 is 11.0 Å². The number of hydrogen-bond acceptors (Lipinski definition) is 5. The Morgan fingerprint density at radius 2 is 1.97 bits per heavy atom. The highest BCUT2D eigenvalue weighted by Crippen LogP contribution is 2.40. The van der Waals surface area contributed by atoms with E-state index < -0.39 is 0 Å². The number of nitrogens with zero attached hydrogens (tertiary/aromatic N) is 5. The Bertz CT molecular complexity index is 998. The molecule has 2 aliphatic rings. The van der Waals surface area contributed by atoms with Crippen LogP contribution >= 0.6 is 0 Å². The molecule has 6 nitrogen and oxygen atoms in total. The van der Waals surface area contributed by atoms with Gasteiger partial charge in [0.2, 0.25) is 0 Å². The number of hydrogen-bond donors (Lipinski definition) is 1. The van der Waals surface area contributed by atoms with Gasteiger partial charge in [0.25, 0.3) is 0 Å². The number of nitrogens with two attached hydrogens (primary N) is 1. The summed E-state index contributed by atoms with van der Waals surface area (Å²) >= 11 is 0. The standard InChI is InChI=1S/C24H32N6/c1-29-10-7-18(8-11-29)21-5-2-6-22-24(21)26-15-23(28-22)19-14-27-30(16-19)20-12-17(13-20)4-3-9-25/h2,5-6,14-18,20H,3-4,7-13,25H2,1H3. The van der Waals surface area contributed by atoms with E-state index in [1.807, 2.05) is 12.4 Å². The van der Waals surface area contributed by atoms with Crippen LogP contribution in [0.25, 0.3) is 22.3 Å². The maximum Gasteiger partial charge on any atom is 0.0924 e. The molecule has 1 saturated heterocycles. The number of benzene rings is 1. The van der Waals surface area contributed by atoms with Crippen molar-refractivity contribution in [1.29, 1.82) is 0 Å². The number of piperidine rings is 1. The zero-order valence-electron chi connectivity index (χ0n) is 17.9. The molecule has 2 N–H and O–H groups in total. The average Bonchev–Trinajstić information content (AvgIpc) is 3.22. The fourth-order valence-electron chi connectivity index (χ4n) is 5.08. The SMILES string of the molecule is CN1CCC(c2cccc3nc(-c4cnn(C5CC(CCCN)C5)c4)cnc23)CC1. The third kappa shape index (κ3) is 3.86. The second kappa shape index (κ2) is 8.44. The van der Waals surface area contributed by atoms with Crippen LogP contribution in [-0.4, -0.2) is 51.3 Å². The van der Waals surface area contributed by atoms with E-state index in [0.717, 1.165) is 54.3 Å². The van der Waals surface area contributed by atoms with Gasteiger partial charge in [0.05, 0.1) is 35.2 Å². The summed E-state index contributed by atoms with van der Waals surface area (Å²) in [5, 5.41) is 4.63. The molecule has 0 atom stereocenters. The first-order valence-electron chi connectivity index (χ1n) is 11.4. The van der Waals surface area contributed by atoms with Crippen molar-refractivity contribution in [3.8, 4) is 11.3 Å². The Morgan fingerprint density at radius 3 is 2.77 bits per heavy atom. The predicted octanol–water partition coefficient (Wildman–Crippen LogP) is 3.99. The molecular weight excluding hydrogens is 372 g/mol. The van der Waals surface area contributed by atoms with Gasteiger partial charge in [-0.05, 0) is 88.7 Å². The summed E-state index contributed by atoms with van der Waals surface area (Å²) < 4.78 is 2.12. The highest BCUT2D eigenvalue weighted by Gasteiger charge is 2.30. The van der Waals surface area contributed by atoms with Crippen LogP contribution in [0.15, 0.2) is 36.8 Å². The monoisotopic (exact) mass is 404 g/mol. The molecule has 158 valence electrons. The summed E-state index contributed by atoms with van der Waals surface area (Å²) in [7, 11) is 2.20. The van der Waals surface area contributed by atoms with Crippen molar-refractivity contribution < 1.29 is 0 Å². The Labute approximate surface area is 178 Å². The highest BCUT2D eigenvalue weighted by atomic mass is 15.3. The van der Waals surface area contributed by atoms with Gasteiger partial charge in [-0.3, -0.25) is 9.67 Å². The van der Waals surface area contributed by atoms with Crippen LogP contribution in [0.2, 0.25) is 0 Å². The van der Waals surface area contributed by atoms with Crippen molar-refractivity contribution in [2.45, 2.75) is 50.5 Å². The van der Waals surface area contributed by atoms with Gasteiger partial charge in [0.15, 0.2) is 0 Å². The van der Waals surface area contributed by atoms with Gasteiger partial charge in [-0.2, -0.15) is 5.10 Å². The van der Waals surface area contributed by atoms with E-state index in [-0.39, 0.29) is 0 Å². The number of rotatable bonds is 6. The van der Waals surface area contributed by atoms with Crippen LogP contribution in [0.1, 0.15) is 56.0 Å². The van der Waals surface area contributed by atoms with Gasteiger partial charge in [0.1, 0.15) is 0 Å². The largest absolute Gasteiger partial charge is 0.330 e. The minimum Gasteiger partial charge on any atom is -0.330 e. The minimum atomic E-state index is 0.519. The second-order valence-electron chi connectivity index (χ2n) is 9.18. The van der Waals surface area contributed by atoms with Crippen molar-refractivity contribution in [2.75, 3.05) is 26.7 Å². The predicted molar refractivity (Wildman–Crippen MR) is 120 cm³/mol. The Kier molecular flexibility index (Phi) is 5.52. The smallest absolute Gasteiger partial charge is 0.0924 e. The molecule has 3 aromatic rings. The first kappa shape index (κ1) is 19.6. The molecule has 5 rings (SSSR count). The molecule has 1 aliphatic carbocycles. The lowest BCUT2D eigenvalue weighted by atomic mass is 9.77. The summed E-state index contributed by atoms with van der Waals surface area (Å²) in [6.07, 6.45) is 13.2.